The van der Waals surface area contributed by atoms with E-state index >= 15 is 0 Å². The molecule has 0 radical (unpaired) electrons. The minimum atomic E-state index is 0.583. The van der Waals surface area contributed by atoms with Gasteiger partial charge in [0.15, 0.2) is 0 Å². The van der Waals surface area contributed by atoms with Crippen molar-refractivity contribution >= 4 is 0 Å². The van der Waals surface area contributed by atoms with Crippen LogP contribution in [0.25, 0.3) is 0 Å². The number of likely N-dealkylation sites (N-methyl/N-ethyl adjacent to an activating group) is 1. The van der Waals surface area contributed by atoms with E-state index in [1.54, 1.807) is 5.57 Å². The molecule has 0 aliphatic heterocycles. The molecule has 0 heterocycles. The van der Waals surface area contributed by atoms with Gasteiger partial charge in [-0.2, -0.15) is 0 Å². The summed E-state index contributed by atoms with van der Waals surface area (Å²) in [4.78, 5) is 4.83. The topological polar surface area (TPSA) is 15.7 Å². The van der Waals surface area contributed by atoms with Crippen LogP contribution in [0.3, 0.4) is 0 Å². The fourth-order valence-corrected chi connectivity index (χ4v) is 3.71. The Morgan fingerprint density at radius 1 is 0.966 bits per heavy atom. The highest BCUT2D eigenvalue weighted by molar-refractivity contribution is 5.37. The third kappa shape index (κ3) is 6.88. The van der Waals surface area contributed by atoms with E-state index in [9.17, 15) is 0 Å². The van der Waals surface area contributed by atoms with Gasteiger partial charge in [-0.3, -0.25) is 4.90 Å². The van der Waals surface area contributed by atoms with Gasteiger partial charge in [0.1, 0.15) is 11.5 Å². The molecule has 0 bridgehead atoms. The minimum absolute atomic E-state index is 0.583. The zero-order chi connectivity index (χ0) is 20.5. The molecule has 1 aliphatic carbocycles. The Morgan fingerprint density at radius 2 is 1.72 bits per heavy atom. The molecule has 0 saturated carbocycles. The van der Waals surface area contributed by atoms with E-state index in [1.807, 2.05) is 36.4 Å². The van der Waals surface area contributed by atoms with Gasteiger partial charge in [0.2, 0.25) is 0 Å². The lowest BCUT2D eigenvalue weighted by molar-refractivity contribution is 0.211. The van der Waals surface area contributed by atoms with Crippen molar-refractivity contribution in [2.75, 3.05) is 33.7 Å². The van der Waals surface area contributed by atoms with Gasteiger partial charge < -0.3 is 9.64 Å². The van der Waals surface area contributed by atoms with E-state index in [2.05, 4.69) is 67.2 Å². The smallest absolute Gasteiger partial charge is 0.131 e. The number of allylic oxidation sites excluding steroid dienone is 3. The summed E-state index contributed by atoms with van der Waals surface area (Å²) in [5.74, 6) is 2.41. The summed E-state index contributed by atoms with van der Waals surface area (Å²) < 4.78 is 6.20. The van der Waals surface area contributed by atoms with Crippen molar-refractivity contribution in [3.63, 3.8) is 0 Å². The lowest BCUT2D eigenvalue weighted by atomic mass is 9.92. The standard InChI is InChI=1S/C26H34N2O/c1-4-22-11-10-12-23(19-22)20-28(18-17-27(2)3)21-24-13-8-9-16-26(24)29-25-14-6-5-7-15-25/h5-16,23H,4,17-21H2,1-3H3. The van der Waals surface area contributed by atoms with Crippen LogP contribution in [0.2, 0.25) is 0 Å². The molecule has 2 aromatic carbocycles. The molecule has 1 unspecified atom stereocenters. The highest BCUT2D eigenvalue weighted by Crippen LogP contribution is 2.27. The summed E-state index contributed by atoms with van der Waals surface area (Å²) >= 11 is 0. The average Bonchev–Trinajstić information content (AvgIpc) is 2.74. The number of benzene rings is 2. The molecule has 3 heteroatoms. The fraction of sp³-hybridized carbons (Fsp3) is 0.385. The third-order valence-electron chi connectivity index (χ3n) is 5.39. The van der Waals surface area contributed by atoms with Gasteiger partial charge in [0.25, 0.3) is 0 Å². The summed E-state index contributed by atoms with van der Waals surface area (Å²) in [6.45, 7) is 6.31. The summed E-state index contributed by atoms with van der Waals surface area (Å²) in [5, 5.41) is 0. The lowest BCUT2D eigenvalue weighted by Gasteiger charge is -2.29. The van der Waals surface area contributed by atoms with Gasteiger partial charge in [-0.15, -0.1) is 0 Å². The van der Waals surface area contributed by atoms with Crippen molar-refractivity contribution in [2.24, 2.45) is 5.92 Å². The summed E-state index contributed by atoms with van der Waals surface area (Å²) in [7, 11) is 4.28. The molecule has 29 heavy (non-hydrogen) atoms. The van der Waals surface area contributed by atoms with Crippen molar-refractivity contribution in [2.45, 2.75) is 26.3 Å². The molecule has 0 saturated heterocycles. The van der Waals surface area contributed by atoms with Crippen LogP contribution in [-0.2, 0) is 6.54 Å². The first-order chi connectivity index (χ1) is 14.1. The van der Waals surface area contributed by atoms with E-state index in [0.29, 0.717) is 5.92 Å². The van der Waals surface area contributed by atoms with Gasteiger partial charge in [0, 0.05) is 31.7 Å². The molecule has 0 fully saturated rings. The van der Waals surface area contributed by atoms with Crippen LogP contribution in [0, 0.1) is 5.92 Å². The molecule has 0 N–H and O–H groups in total. The minimum Gasteiger partial charge on any atom is -0.457 e. The molecule has 0 aromatic heterocycles. The average molecular weight is 391 g/mol. The number of para-hydroxylation sites is 2. The normalized spacial score (nSPS) is 16.3. The Hall–Kier alpha value is -2.36. The molecule has 0 amide bonds. The largest absolute Gasteiger partial charge is 0.457 e. The van der Waals surface area contributed by atoms with Gasteiger partial charge >= 0.3 is 0 Å². The number of nitrogens with zero attached hydrogens (tertiary/aromatic N) is 2. The maximum absolute atomic E-state index is 6.20. The van der Waals surface area contributed by atoms with Crippen molar-refractivity contribution in [1.82, 2.24) is 9.80 Å². The zero-order valence-electron chi connectivity index (χ0n) is 18.1. The molecule has 154 valence electrons. The SMILES string of the molecule is CCC1=CC=CC(CN(CCN(C)C)Cc2ccccc2Oc2ccccc2)C1. The van der Waals surface area contributed by atoms with E-state index in [4.69, 9.17) is 4.74 Å². The highest BCUT2D eigenvalue weighted by atomic mass is 16.5. The van der Waals surface area contributed by atoms with Crippen molar-refractivity contribution in [3.05, 3.63) is 84.0 Å². The Balaban J connectivity index is 1.72. The van der Waals surface area contributed by atoms with Crippen molar-refractivity contribution < 1.29 is 4.74 Å². The first kappa shape index (κ1) is 21.4. The molecule has 1 atom stereocenters. The maximum Gasteiger partial charge on any atom is 0.131 e. The van der Waals surface area contributed by atoms with Crippen LogP contribution in [0.1, 0.15) is 25.3 Å². The van der Waals surface area contributed by atoms with Gasteiger partial charge in [0.05, 0.1) is 0 Å². The Morgan fingerprint density at radius 3 is 2.48 bits per heavy atom. The second kappa shape index (κ2) is 11.0. The zero-order valence-corrected chi connectivity index (χ0v) is 18.1. The molecule has 3 nitrogen and oxygen atoms in total. The monoisotopic (exact) mass is 390 g/mol. The highest BCUT2D eigenvalue weighted by Gasteiger charge is 2.17. The fourth-order valence-electron chi connectivity index (χ4n) is 3.71. The summed E-state index contributed by atoms with van der Waals surface area (Å²) in [6.07, 6.45) is 9.21. The number of rotatable bonds is 10. The molecule has 3 rings (SSSR count). The predicted octanol–water partition coefficient (Wildman–Crippen LogP) is 5.76. The van der Waals surface area contributed by atoms with E-state index in [-0.39, 0.29) is 0 Å². The maximum atomic E-state index is 6.20. The van der Waals surface area contributed by atoms with Crippen LogP contribution < -0.4 is 4.74 Å². The van der Waals surface area contributed by atoms with Crippen LogP contribution >= 0.6 is 0 Å². The quantitative estimate of drug-likeness (QED) is 0.513. The number of hydrogen-bond donors (Lipinski definition) is 0. The molecular formula is C26H34N2O. The first-order valence-corrected chi connectivity index (χ1v) is 10.7. The Bertz CT molecular complexity index is 810. The van der Waals surface area contributed by atoms with Gasteiger partial charge in [-0.1, -0.05) is 67.1 Å². The van der Waals surface area contributed by atoms with Crippen LogP contribution in [0.15, 0.2) is 78.4 Å². The van der Waals surface area contributed by atoms with Gasteiger partial charge in [-0.25, -0.2) is 0 Å². The molecule has 2 aromatic rings. The van der Waals surface area contributed by atoms with Gasteiger partial charge in [-0.05, 0) is 51.1 Å². The van der Waals surface area contributed by atoms with Crippen molar-refractivity contribution in [1.29, 1.82) is 0 Å². The first-order valence-electron chi connectivity index (χ1n) is 10.7. The van der Waals surface area contributed by atoms with Crippen LogP contribution in [0.4, 0.5) is 0 Å². The van der Waals surface area contributed by atoms with E-state index in [0.717, 1.165) is 44.1 Å². The summed E-state index contributed by atoms with van der Waals surface area (Å²) in [6, 6.07) is 18.5. The lowest BCUT2D eigenvalue weighted by Crippen LogP contribution is -2.35. The van der Waals surface area contributed by atoms with Crippen LogP contribution in [-0.4, -0.2) is 43.5 Å². The number of ether oxygens (including phenoxy) is 1. The molecule has 0 spiro atoms. The Labute approximate surface area is 176 Å². The second-order valence-corrected chi connectivity index (χ2v) is 8.09. The Kier molecular flexibility index (Phi) is 8.09. The third-order valence-corrected chi connectivity index (χ3v) is 5.39. The molecular weight excluding hydrogens is 356 g/mol. The summed E-state index contributed by atoms with van der Waals surface area (Å²) in [5.41, 5.74) is 2.79. The van der Waals surface area contributed by atoms with E-state index < -0.39 is 0 Å². The van der Waals surface area contributed by atoms with E-state index in [1.165, 1.54) is 12.0 Å². The van der Waals surface area contributed by atoms with Crippen molar-refractivity contribution in [3.8, 4) is 11.5 Å². The predicted molar refractivity (Wildman–Crippen MR) is 122 cm³/mol. The second-order valence-electron chi connectivity index (χ2n) is 8.09. The number of hydrogen-bond acceptors (Lipinski definition) is 3. The molecule has 1 aliphatic rings. The van der Waals surface area contributed by atoms with Crippen LogP contribution in [0.5, 0.6) is 11.5 Å².